The van der Waals surface area contributed by atoms with Crippen LogP contribution in [0.25, 0.3) is 0 Å². The van der Waals surface area contributed by atoms with E-state index in [-0.39, 0.29) is 0 Å². The Morgan fingerprint density at radius 1 is 1.18 bits per heavy atom. The summed E-state index contributed by atoms with van der Waals surface area (Å²) in [4.78, 5) is 4.49. The molecular weight excluding hydrogens is 214 g/mol. The lowest BCUT2D eigenvalue weighted by molar-refractivity contribution is 0.0131. The van der Waals surface area contributed by atoms with Crippen LogP contribution in [-0.4, -0.2) is 36.3 Å². The first kappa shape index (κ1) is 14.3. The maximum atomic E-state index is 10.4. The lowest BCUT2D eigenvalue weighted by Crippen LogP contribution is -2.41. The van der Waals surface area contributed by atoms with Crippen molar-refractivity contribution in [3.63, 3.8) is 0 Å². The number of nitrogens with zero attached hydrogens (tertiary/aromatic N) is 1. The van der Waals surface area contributed by atoms with Crippen LogP contribution in [0.2, 0.25) is 0 Å². The molecule has 0 bridgehead atoms. The van der Waals surface area contributed by atoms with Crippen LogP contribution < -0.4 is 10.6 Å². The van der Waals surface area contributed by atoms with Gasteiger partial charge >= 0.3 is 0 Å². The average molecular weight is 241 g/mol. The van der Waals surface area contributed by atoms with Crippen molar-refractivity contribution in [2.45, 2.75) is 58.0 Å². The second-order valence-electron chi connectivity index (χ2n) is 4.91. The van der Waals surface area contributed by atoms with E-state index in [1.165, 1.54) is 6.42 Å². The minimum Gasteiger partial charge on any atom is -0.388 e. The summed E-state index contributed by atoms with van der Waals surface area (Å²) in [6.45, 7) is 6.48. The Balaban J connectivity index is 2.45. The van der Waals surface area contributed by atoms with Gasteiger partial charge in [0.2, 0.25) is 0 Å². The molecule has 0 aromatic carbocycles. The first-order valence-corrected chi connectivity index (χ1v) is 6.95. The molecule has 1 rings (SSSR count). The number of guanidine groups is 1. The summed E-state index contributed by atoms with van der Waals surface area (Å²) in [5.74, 6) is 0.827. The predicted molar refractivity (Wildman–Crippen MR) is 72.3 cm³/mol. The number of aliphatic hydroxyl groups is 1. The second-order valence-corrected chi connectivity index (χ2v) is 4.91. The van der Waals surface area contributed by atoms with Gasteiger partial charge in [0.15, 0.2) is 5.96 Å². The van der Waals surface area contributed by atoms with Gasteiger partial charge in [-0.2, -0.15) is 0 Å². The van der Waals surface area contributed by atoms with E-state index in [4.69, 9.17) is 0 Å². The van der Waals surface area contributed by atoms with E-state index in [1.54, 1.807) is 0 Å². The van der Waals surface area contributed by atoms with Gasteiger partial charge in [-0.25, -0.2) is 0 Å². The minimum atomic E-state index is -0.563. The lowest BCUT2D eigenvalue weighted by atomic mass is 9.85. The molecule has 0 spiro atoms. The molecule has 0 aromatic heterocycles. The van der Waals surface area contributed by atoms with Gasteiger partial charge in [-0.1, -0.05) is 26.2 Å². The zero-order valence-corrected chi connectivity index (χ0v) is 11.3. The SMILES string of the molecule is CCCNC(=NCC1(O)CCCCC1)NCC. The van der Waals surface area contributed by atoms with E-state index in [0.717, 1.165) is 51.2 Å². The molecule has 17 heavy (non-hydrogen) atoms. The van der Waals surface area contributed by atoms with Crippen molar-refractivity contribution in [3.05, 3.63) is 0 Å². The highest BCUT2D eigenvalue weighted by Crippen LogP contribution is 2.28. The third-order valence-electron chi connectivity index (χ3n) is 3.20. The number of nitrogens with one attached hydrogen (secondary N) is 2. The molecule has 4 nitrogen and oxygen atoms in total. The molecule has 1 aliphatic rings. The van der Waals surface area contributed by atoms with Crippen LogP contribution in [0.15, 0.2) is 4.99 Å². The van der Waals surface area contributed by atoms with E-state index in [9.17, 15) is 5.11 Å². The number of aliphatic imine (C=N–C) groups is 1. The largest absolute Gasteiger partial charge is 0.388 e. The predicted octanol–water partition coefficient (Wildman–Crippen LogP) is 1.65. The Kier molecular flexibility index (Phi) is 6.34. The topological polar surface area (TPSA) is 56.7 Å². The number of hydrogen-bond acceptors (Lipinski definition) is 2. The fourth-order valence-electron chi connectivity index (χ4n) is 2.18. The van der Waals surface area contributed by atoms with Gasteiger partial charge in [0.05, 0.1) is 12.1 Å². The molecule has 1 fully saturated rings. The van der Waals surface area contributed by atoms with E-state index in [0.29, 0.717) is 6.54 Å². The van der Waals surface area contributed by atoms with Gasteiger partial charge in [-0.3, -0.25) is 4.99 Å². The smallest absolute Gasteiger partial charge is 0.191 e. The van der Waals surface area contributed by atoms with Gasteiger partial charge in [0, 0.05) is 13.1 Å². The van der Waals surface area contributed by atoms with Gasteiger partial charge in [0.25, 0.3) is 0 Å². The molecule has 0 aliphatic heterocycles. The molecule has 3 N–H and O–H groups in total. The normalized spacial score (nSPS) is 20.1. The summed E-state index contributed by atoms with van der Waals surface area (Å²) < 4.78 is 0. The molecule has 4 heteroatoms. The van der Waals surface area contributed by atoms with Gasteiger partial charge in [0.1, 0.15) is 0 Å². The van der Waals surface area contributed by atoms with Crippen molar-refractivity contribution in [3.8, 4) is 0 Å². The third kappa shape index (κ3) is 5.39. The Hall–Kier alpha value is -0.770. The number of rotatable bonds is 5. The molecule has 0 saturated heterocycles. The van der Waals surface area contributed by atoms with Crippen LogP contribution >= 0.6 is 0 Å². The molecule has 0 atom stereocenters. The average Bonchev–Trinajstić information content (AvgIpc) is 2.34. The molecular formula is C13H27N3O. The number of hydrogen-bond donors (Lipinski definition) is 3. The first-order chi connectivity index (χ1) is 8.20. The molecule has 0 heterocycles. The highest BCUT2D eigenvalue weighted by molar-refractivity contribution is 5.79. The fraction of sp³-hybridized carbons (Fsp3) is 0.923. The molecule has 1 saturated carbocycles. The van der Waals surface area contributed by atoms with Crippen LogP contribution in [0.5, 0.6) is 0 Å². The molecule has 0 aromatic rings. The standard InChI is InChI=1S/C13H27N3O/c1-3-10-15-12(14-4-2)16-11-13(17)8-6-5-7-9-13/h17H,3-11H2,1-2H3,(H2,14,15,16). The zero-order chi connectivity index (χ0) is 12.6. The van der Waals surface area contributed by atoms with Crippen molar-refractivity contribution in [1.29, 1.82) is 0 Å². The van der Waals surface area contributed by atoms with Crippen LogP contribution in [0.4, 0.5) is 0 Å². The maximum Gasteiger partial charge on any atom is 0.191 e. The zero-order valence-electron chi connectivity index (χ0n) is 11.3. The van der Waals surface area contributed by atoms with E-state index in [2.05, 4.69) is 29.5 Å². The Labute approximate surface area is 105 Å². The summed E-state index contributed by atoms with van der Waals surface area (Å²) in [7, 11) is 0. The van der Waals surface area contributed by atoms with Crippen LogP contribution in [0.1, 0.15) is 52.4 Å². The molecule has 0 radical (unpaired) electrons. The molecule has 100 valence electrons. The van der Waals surface area contributed by atoms with Crippen molar-refractivity contribution >= 4 is 5.96 Å². The molecule has 1 aliphatic carbocycles. The molecule has 0 amide bonds. The summed E-state index contributed by atoms with van der Waals surface area (Å²) in [6, 6.07) is 0. The lowest BCUT2D eigenvalue weighted by Gasteiger charge is -2.30. The maximum absolute atomic E-state index is 10.4. The van der Waals surface area contributed by atoms with Gasteiger partial charge in [-0.15, -0.1) is 0 Å². The van der Waals surface area contributed by atoms with E-state index >= 15 is 0 Å². The Morgan fingerprint density at radius 3 is 2.47 bits per heavy atom. The van der Waals surface area contributed by atoms with Gasteiger partial charge < -0.3 is 15.7 Å². The summed E-state index contributed by atoms with van der Waals surface area (Å²) in [5.41, 5.74) is -0.563. The summed E-state index contributed by atoms with van der Waals surface area (Å²) in [6.07, 6.45) is 6.37. The van der Waals surface area contributed by atoms with Crippen molar-refractivity contribution in [1.82, 2.24) is 10.6 Å². The Morgan fingerprint density at radius 2 is 1.88 bits per heavy atom. The quantitative estimate of drug-likeness (QED) is 0.507. The highest BCUT2D eigenvalue weighted by Gasteiger charge is 2.28. The molecule has 0 unspecified atom stereocenters. The Bertz CT molecular complexity index is 235. The third-order valence-corrected chi connectivity index (χ3v) is 3.20. The van der Waals surface area contributed by atoms with E-state index in [1.807, 2.05) is 0 Å². The summed E-state index contributed by atoms with van der Waals surface area (Å²) >= 11 is 0. The minimum absolute atomic E-state index is 0.520. The van der Waals surface area contributed by atoms with Crippen molar-refractivity contribution in [2.75, 3.05) is 19.6 Å². The van der Waals surface area contributed by atoms with Crippen molar-refractivity contribution in [2.24, 2.45) is 4.99 Å². The van der Waals surface area contributed by atoms with Crippen LogP contribution in [-0.2, 0) is 0 Å². The van der Waals surface area contributed by atoms with Crippen LogP contribution in [0.3, 0.4) is 0 Å². The fourth-order valence-corrected chi connectivity index (χ4v) is 2.18. The van der Waals surface area contributed by atoms with Crippen LogP contribution in [0, 0.1) is 0 Å². The van der Waals surface area contributed by atoms with Crippen molar-refractivity contribution < 1.29 is 5.11 Å². The first-order valence-electron chi connectivity index (χ1n) is 6.95. The van der Waals surface area contributed by atoms with E-state index < -0.39 is 5.60 Å². The monoisotopic (exact) mass is 241 g/mol. The second kappa shape index (κ2) is 7.54. The summed E-state index contributed by atoms with van der Waals surface area (Å²) in [5, 5.41) is 16.8. The highest BCUT2D eigenvalue weighted by atomic mass is 16.3. The van der Waals surface area contributed by atoms with Gasteiger partial charge in [-0.05, 0) is 26.2 Å².